The number of aliphatic carboxylic acids is 1. The van der Waals surface area contributed by atoms with Crippen LogP contribution in [0.15, 0.2) is 0 Å². The first kappa shape index (κ1) is 23.4. The molecule has 0 heterocycles. The van der Waals surface area contributed by atoms with Gasteiger partial charge in [0.2, 0.25) is 0 Å². The molecular formula is C20H42N2O2. The van der Waals surface area contributed by atoms with Gasteiger partial charge in [0.25, 0.3) is 0 Å². The Morgan fingerprint density at radius 2 is 1.12 bits per heavy atom. The lowest BCUT2D eigenvalue weighted by molar-refractivity contribution is -0.145. The highest BCUT2D eigenvalue weighted by atomic mass is 16.4. The van der Waals surface area contributed by atoms with Gasteiger partial charge in [0, 0.05) is 0 Å². The second-order valence-corrected chi connectivity index (χ2v) is 7.52. The van der Waals surface area contributed by atoms with Gasteiger partial charge >= 0.3 is 5.97 Å². The fourth-order valence-corrected chi connectivity index (χ4v) is 3.09. The van der Waals surface area contributed by atoms with Crippen LogP contribution in [0.4, 0.5) is 0 Å². The van der Waals surface area contributed by atoms with Crippen LogP contribution >= 0.6 is 0 Å². The third-order valence-corrected chi connectivity index (χ3v) is 5.18. The molecule has 0 spiro atoms. The summed E-state index contributed by atoms with van der Waals surface area (Å²) in [5.74, 6) is -1.30. The minimum absolute atomic E-state index is 0.188. The lowest BCUT2D eigenvalue weighted by Gasteiger charge is -2.26. The summed E-state index contributed by atoms with van der Waals surface area (Å²) in [5.41, 5.74) is 9.68. The first-order valence-corrected chi connectivity index (χ1v) is 10.2. The molecule has 0 saturated carbocycles. The Morgan fingerprint density at radius 3 is 1.46 bits per heavy atom. The molecule has 0 rings (SSSR count). The molecule has 0 aliphatic rings. The standard InChI is InChI=1S/C20H42N2O2/c1-3-4-5-6-7-8-9-10-11-12-13-14-15-16-17-18(2)20(21,22)19(23)24/h18H,3-17,21-22H2,1-2H3,(H,23,24). The van der Waals surface area contributed by atoms with E-state index in [-0.39, 0.29) is 5.92 Å². The summed E-state index contributed by atoms with van der Waals surface area (Å²) in [6.07, 6.45) is 19.3. The van der Waals surface area contributed by atoms with Crippen molar-refractivity contribution in [1.82, 2.24) is 0 Å². The van der Waals surface area contributed by atoms with E-state index in [1.54, 1.807) is 0 Å². The maximum absolute atomic E-state index is 11.0. The molecule has 0 aliphatic carbocycles. The summed E-state index contributed by atoms with van der Waals surface area (Å²) in [5, 5.41) is 8.98. The van der Waals surface area contributed by atoms with Crippen LogP contribution in [0.2, 0.25) is 0 Å². The number of carboxylic acids is 1. The Balaban J connectivity index is 3.30. The minimum Gasteiger partial charge on any atom is -0.479 e. The fraction of sp³-hybridized carbons (Fsp3) is 0.950. The summed E-state index contributed by atoms with van der Waals surface area (Å²) < 4.78 is 0. The number of nitrogens with two attached hydrogens (primary N) is 2. The van der Waals surface area contributed by atoms with Crippen LogP contribution in [-0.4, -0.2) is 16.7 Å². The maximum Gasteiger partial charge on any atom is 0.338 e. The first-order chi connectivity index (χ1) is 11.4. The second kappa shape index (κ2) is 14.7. The number of hydrogen-bond acceptors (Lipinski definition) is 3. The van der Waals surface area contributed by atoms with E-state index in [4.69, 9.17) is 16.6 Å². The summed E-state index contributed by atoms with van der Waals surface area (Å²) in [6, 6.07) is 0. The average Bonchev–Trinajstić information content (AvgIpc) is 2.54. The van der Waals surface area contributed by atoms with Gasteiger partial charge in [-0.25, -0.2) is 4.79 Å². The largest absolute Gasteiger partial charge is 0.479 e. The normalized spacial score (nSPS) is 13.2. The molecule has 0 aliphatic heterocycles. The predicted molar refractivity (Wildman–Crippen MR) is 103 cm³/mol. The van der Waals surface area contributed by atoms with Crippen molar-refractivity contribution in [1.29, 1.82) is 0 Å². The van der Waals surface area contributed by atoms with Crippen molar-refractivity contribution in [3.8, 4) is 0 Å². The maximum atomic E-state index is 11.0. The molecule has 1 atom stereocenters. The molecule has 1 unspecified atom stereocenters. The zero-order valence-corrected chi connectivity index (χ0v) is 16.2. The van der Waals surface area contributed by atoms with Gasteiger partial charge in [-0.05, 0) is 12.3 Å². The number of carbonyl (C=O) groups is 1. The van der Waals surface area contributed by atoms with Crippen molar-refractivity contribution in [2.75, 3.05) is 0 Å². The van der Waals surface area contributed by atoms with Crippen molar-refractivity contribution in [2.24, 2.45) is 17.4 Å². The van der Waals surface area contributed by atoms with Crippen molar-refractivity contribution in [2.45, 2.75) is 116 Å². The first-order valence-electron chi connectivity index (χ1n) is 10.2. The van der Waals surface area contributed by atoms with Crippen molar-refractivity contribution >= 4 is 5.97 Å². The van der Waals surface area contributed by atoms with E-state index in [0.717, 1.165) is 19.3 Å². The van der Waals surface area contributed by atoms with Crippen LogP contribution < -0.4 is 11.5 Å². The SMILES string of the molecule is CCCCCCCCCCCCCCCCC(C)C(N)(N)C(=O)O. The van der Waals surface area contributed by atoms with E-state index in [9.17, 15) is 4.79 Å². The zero-order valence-electron chi connectivity index (χ0n) is 16.2. The van der Waals surface area contributed by atoms with Gasteiger partial charge in [-0.3, -0.25) is 0 Å². The Labute approximate surface area is 149 Å². The van der Waals surface area contributed by atoms with E-state index >= 15 is 0 Å². The van der Waals surface area contributed by atoms with Crippen LogP contribution in [0.3, 0.4) is 0 Å². The highest BCUT2D eigenvalue weighted by Crippen LogP contribution is 2.18. The molecule has 0 saturated heterocycles. The molecular weight excluding hydrogens is 300 g/mol. The highest BCUT2D eigenvalue weighted by molar-refractivity contribution is 5.77. The molecule has 4 nitrogen and oxygen atoms in total. The average molecular weight is 343 g/mol. The number of unbranched alkanes of at least 4 members (excludes halogenated alkanes) is 13. The van der Waals surface area contributed by atoms with Gasteiger partial charge in [0.05, 0.1) is 0 Å². The highest BCUT2D eigenvalue weighted by Gasteiger charge is 2.34. The monoisotopic (exact) mass is 342 g/mol. The van der Waals surface area contributed by atoms with Gasteiger partial charge in [0.15, 0.2) is 5.66 Å². The van der Waals surface area contributed by atoms with E-state index in [1.807, 2.05) is 6.92 Å². The van der Waals surface area contributed by atoms with Crippen molar-refractivity contribution in [3.63, 3.8) is 0 Å². The molecule has 5 N–H and O–H groups in total. The Bertz CT molecular complexity index is 306. The zero-order chi connectivity index (χ0) is 18.3. The van der Waals surface area contributed by atoms with Crippen LogP contribution in [-0.2, 0) is 4.79 Å². The van der Waals surface area contributed by atoms with Crippen molar-refractivity contribution in [3.05, 3.63) is 0 Å². The minimum atomic E-state index is -1.59. The van der Waals surface area contributed by atoms with Crippen LogP contribution in [0.25, 0.3) is 0 Å². The summed E-state index contributed by atoms with van der Waals surface area (Å²) in [7, 11) is 0. The lowest BCUT2D eigenvalue weighted by atomic mass is 9.90. The van der Waals surface area contributed by atoms with E-state index in [1.165, 1.54) is 77.0 Å². The molecule has 0 bridgehead atoms. The Morgan fingerprint density at radius 1 is 0.792 bits per heavy atom. The van der Waals surface area contributed by atoms with E-state index in [2.05, 4.69) is 6.92 Å². The molecule has 0 aromatic rings. The van der Waals surface area contributed by atoms with Gasteiger partial charge in [-0.2, -0.15) is 0 Å². The van der Waals surface area contributed by atoms with E-state index in [0.29, 0.717) is 0 Å². The molecule has 0 radical (unpaired) electrons. The van der Waals surface area contributed by atoms with Crippen molar-refractivity contribution < 1.29 is 9.90 Å². The number of hydrogen-bond donors (Lipinski definition) is 3. The quantitative estimate of drug-likeness (QED) is 0.250. The molecule has 0 fully saturated rings. The topological polar surface area (TPSA) is 89.3 Å². The molecule has 24 heavy (non-hydrogen) atoms. The third kappa shape index (κ3) is 11.9. The molecule has 144 valence electrons. The molecule has 0 aromatic carbocycles. The third-order valence-electron chi connectivity index (χ3n) is 5.18. The molecule has 0 aromatic heterocycles. The van der Waals surface area contributed by atoms with Gasteiger partial charge < -0.3 is 16.6 Å². The van der Waals surface area contributed by atoms with Gasteiger partial charge in [-0.1, -0.05) is 104 Å². The predicted octanol–water partition coefficient (Wildman–Crippen LogP) is 5.19. The summed E-state index contributed by atoms with van der Waals surface area (Å²) in [6.45, 7) is 4.09. The fourth-order valence-electron chi connectivity index (χ4n) is 3.09. The number of rotatable bonds is 17. The Hall–Kier alpha value is -0.610. The van der Waals surface area contributed by atoms with Crippen LogP contribution in [0, 0.1) is 5.92 Å². The van der Waals surface area contributed by atoms with Crippen LogP contribution in [0.5, 0.6) is 0 Å². The smallest absolute Gasteiger partial charge is 0.338 e. The van der Waals surface area contributed by atoms with E-state index < -0.39 is 11.6 Å². The van der Waals surface area contributed by atoms with Gasteiger partial charge in [-0.15, -0.1) is 0 Å². The second-order valence-electron chi connectivity index (χ2n) is 7.52. The Kier molecular flexibility index (Phi) is 14.3. The summed E-state index contributed by atoms with van der Waals surface area (Å²) in [4.78, 5) is 11.0. The van der Waals surface area contributed by atoms with Crippen LogP contribution in [0.1, 0.15) is 110 Å². The van der Waals surface area contributed by atoms with Gasteiger partial charge in [0.1, 0.15) is 0 Å². The summed E-state index contributed by atoms with van der Waals surface area (Å²) >= 11 is 0. The molecule has 4 heteroatoms. The number of carboxylic acid groups (broad SMARTS) is 1. The molecule has 0 amide bonds. The lowest BCUT2D eigenvalue weighted by Crippen LogP contribution is -2.61.